The van der Waals surface area contributed by atoms with E-state index in [1.165, 1.54) is 129 Å². The van der Waals surface area contributed by atoms with Gasteiger partial charge in [0, 0.05) is 39.4 Å². The first-order valence-corrected chi connectivity index (χ1v) is 22.7. The molecule has 63 heavy (non-hydrogen) atoms. The number of fused-ring (bicyclic) bond motifs is 8. The van der Waals surface area contributed by atoms with Crippen molar-refractivity contribution in [3.05, 3.63) is 198 Å². The normalized spacial score (nSPS) is 15.5. The van der Waals surface area contributed by atoms with Crippen molar-refractivity contribution in [2.75, 3.05) is 9.71 Å². The molecule has 0 N–H and O–H groups in total. The third-order valence-corrected chi connectivity index (χ3v) is 14.9. The maximum absolute atomic E-state index is 2.68. The van der Waals surface area contributed by atoms with Crippen LogP contribution in [0.3, 0.4) is 0 Å². The lowest BCUT2D eigenvalue weighted by Gasteiger charge is -2.47. The van der Waals surface area contributed by atoms with Crippen LogP contribution in [0, 0.1) is 13.8 Å². The summed E-state index contributed by atoms with van der Waals surface area (Å²) in [6.45, 7) is 14.3. The molecule has 12 rings (SSSR count). The van der Waals surface area contributed by atoms with Gasteiger partial charge in [-0.05, 0) is 151 Å². The van der Waals surface area contributed by atoms with Crippen LogP contribution in [0.5, 0.6) is 0 Å². The second-order valence-electron chi connectivity index (χ2n) is 19.7. The minimum Gasteiger partial charge on any atom is -0.376 e. The number of hydrogen-bond acceptors (Lipinski definition) is 2. The minimum absolute atomic E-state index is 0.0585. The monoisotopic (exact) mass is 810 g/mol. The zero-order chi connectivity index (χ0) is 42.8. The largest absolute Gasteiger partial charge is 0.376 e. The van der Waals surface area contributed by atoms with Crippen molar-refractivity contribution < 1.29 is 0 Å². The van der Waals surface area contributed by atoms with Gasteiger partial charge in [0.2, 0.25) is 0 Å². The lowest BCUT2D eigenvalue weighted by molar-refractivity contribution is 0.332. The fourth-order valence-electron chi connectivity index (χ4n) is 11.4. The van der Waals surface area contributed by atoms with E-state index in [9.17, 15) is 0 Å². The Bertz CT molecular complexity index is 3320. The van der Waals surface area contributed by atoms with E-state index >= 15 is 0 Å². The molecule has 0 fully saturated rings. The Balaban J connectivity index is 1.22. The molecule has 0 atom stereocenters. The molecular formula is C60H51BN2. The van der Waals surface area contributed by atoms with Gasteiger partial charge in [-0.15, -0.1) is 0 Å². The molecule has 0 saturated heterocycles. The summed E-state index contributed by atoms with van der Waals surface area (Å²) in [5.41, 5.74) is 22.1. The molecule has 0 saturated carbocycles. The van der Waals surface area contributed by atoms with Gasteiger partial charge in [0.15, 0.2) is 0 Å². The van der Waals surface area contributed by atoms with Crippen LogP contribution >= 0.6 is 0 Å². The molecule has 0 unspecified atom stereocenters. The molecule has 0 amide bonds. The molecule has 304 valence electrons. The number of benzene rings is 9. The molecule has 2 aliphatic heterocycles. The van der Waals surface area contributed by atoms with Crippen molar-refractivity contribution >= 4 is 67.8 Å². The fourth-order valence-corrected chi connectivity index (χ4v) is 11.4. The Kier molecular flexibility index (Phi) is 8.32. The van der Waals surface area contributed by atoms with Gasteiger partial charge in [-0.3, -0.25) is 0 Å². The number of rotatable bonds is 4. The number of anilines is 5. The van der Waals surface area contributed by atoms with Crippen molar-refractivity contribution in [2.45, 2.75) is 65.2 Å². The van der Waals surface area contributed by atoms with Gasteiger partial charge in [-0.1, -0.05) is 167 Å². The number of nitrogens with zero attached hydrogens (tertiary/aromatic N) is 2. The Hall–Kier alpha value is -6.84. The highest BCUT2D eigenvalue weighted by Gasteiger charge is 2.47. The van der Waals surface area contributed by atoms with Crippen LogP contribution < -0.4 is 20.6 Å². The van der Waals surface area contributed by atoms with Crippen molar-refractivity contribution in [1.82, 2.24) is 0 Å². The zero-order valence-electron chi connectivity index (χ0n) is 37.1. The van der Waals surface area contributed by atoms with E-state index in [4.69, 9.17) is 0 Å². The predicted octanol–water partition coefficient (Wildman–Crippen LogP) is 15.0. The molecular weight excluding hydrogens is 759 g/mol. The summed E-state index contributed by atoms with van der Waals surface area (Å²) >= 11 is 0. The van der Waals surface area contributed by atoms with E-state index in [2.05, 4.69) is 227 Å². The first-order chi connectivity index (χ1) is 30.6. The first-order valence-electron chi connectivity index (χ1n) is 22.7. The summed E-state index contributed by atoms with van der Waals surface area (Å²) in [4.78, 5) is 5.34. The van der Waals surface area contributed by atoms with E-state index < -0.39 is 0 Å². The number of aryl methyl sites for hydroxylation is 2. The number of hydrogen-bond donors (Lipinski definition) is 0. The SMILES string of the molecule is Cc1ccccc1-c1cc2c3c(c1)N(c1cc4c(cc1C)C(C)(C)CCC4(C)C)c1cc4ccccc4cc1B3N(c1ccc(-c3ccccc3)cc1)c1c-2ccc2ccccc12. The maximum atomic E-state index is 2.68. The molecule has 0 aromatic heterocycles. The van der Waals surface area contributed by atoms with E-state index in [1.807, 2.05) is 0 Å². The van der Waals surface area contributed by atoms with Crippen molar-refractivity contribution in [2.24, 2.45) is 0 Å². The smallest absolute Gasteiger partial charge is 0.333 e. The summed E-state index contributed by atoms with van der Waals surface area (Å²) in [7, 11) is 0. The third kappa shape index (κ3) is 5.79. The standard InChI is InChI=1S/C60H51BN2/c1-38-16-10-14-22-47(38)45-33-50-49-29-26-42-19-13-15-23-48(42)58(49)63(46-27-24-41(25-28-46)40-17-8-7-9-18-40)61-53-34-43-20-11-12-21-44(43)35-55(53)62(56(36-45)57(50)61)54-37-52-51(32-39(54)2)59(3,4)30-31-60(52,5)6/h7-29,32-37H,30-31H2,1-6H3. The van der Waals surface area contributed by atoms with Gasteiger partial charge in [0.25, 0.3) is 0 Å². The predicted molar refractivity (Wildman–Crippen MR) is 271 cm³/mol. The molecule has 3 heteroatoms. The van der Waals surface area contributed by atoms with Gasteiger partial charge >= 0.3 is 6.85 Å². The van der Waals surface area contributed by atoms with Crippen LogP contribution in [0.1, 0.15) is 62.8 Å². The highest BCUT2D eigenvalue weighted by atomic mass is 15.2. The molecule has 0 bridgehead atoms. The highest BCUT2D eigenvalue weighted by Crippen LogP contribution is 2.53. The summed E-state index contributed by atoms with van der Waals surface area (Å²) in [5.74, 6) is 0. The average Bonchev–Trinajstić information content (AvgIpc) is 3.30. The molecule has 1 aliphatic carbocycles. The van der Waals surface area contributed by atoms with E-state index in [0.29, 0.717) is 0 Å². The zero-order valence-corrected chi connectivity index (χ0v) is 37.1. The Labute approximate surface area is 372 Å². The van der Waals surface area contributed by atoms with Crippen molar-refractivity contribution in [3.63, 3.8) is 0 Å². The first kappa shape index (κ1) is 37.9. The van der Waals surface area contributed by atoms with Crippen LogP contribution in [0.2, 0.25) is 0 Å². The van der Waals surface area contributed by atoms with Crippen molar-refractivity contribution in [3.8, 4) is 33.4 Å². The quantitative estimate of drug-likeness (QED) is 0.163. The molecule has 2 nitrogen and oxygen atoms in total. The van der Waals surface area contributed by atoms with Crippen LogP contribution in [-0.4, -0.2) is 6.85 Å². The molecule has 9 aromatic rings. The summed E-state index contributed by atoms with van der Waals surface area (Å²) in [5, 5.41) is 5.01. The molecule has 3 aliphatic rings. The molecule has 0 spiro atoms. The Morgan fingerprint density at radius 3 is 1.83 bits per heavy atom. The summed E-state index contributed by atoms with van der Waals surface area (Å²) < 4.78 is 0. The Morgan fingerprint density at radius 2 is 1.08 bits per heavy atom. The van der Waals surface area contributed by atoms with Gasteiger partial charge in [0.05, 0.1) is 0 Å². The summed E-state index contributed by atoms with van der Waals surface area (Å²) in [6.07, 6.45) is 2.36. The van der Waals surface area contributed by atoms with Crippen LogP contribution in [0.4, 0.5) is 28.4 Å². The Morgan fingerprint density at radius 1 is 0.444 bits per heavy atom. The highest BCUT2D eigenvalue weighted by molar-refractivity contribution is 6.94. The maximum Gasteiger partial charge on any atom is 0.333 e. The van der Waals surface area contributed by atoms with Gasteiger partial charge in [0.1, 0.15) is 0 Å². The van der Waals surface area contributed by atoms with Crippen LogP contribution in [0.15, 0.2) is 176 Å². The van der Waals surface area contributed by atoms with Crippen molar-refractivity contribution in [1.29, 1.82) is 0 Å². The minimum atomic E-state index is -0.106. The second kappa shape index (κ2) is 13.8. The fraction of sp³-hybridized carbons (Fsp3) is 0.167. The lowest BCUT2D eigenvalue weighted by Crippen LogP contribution is -2.61. The second-order valence-corrected chi connectivity index (χ2v) is 19.7. The molecule has 9 aromatic carbocycles. The third-order valence-electron chi connectivity index (χ3n) is 14.9. The molecule has 0 radical (unpaired) electrons. The van der Waals surface area contributed by atoms with E-state index in [-0.39, 0.29) is 17.7 Å². The average molecular weight is 811 g/mol. The lowest BCUT2D eigenvalue weighted by atomic mass is 9.43. The molecule has 2 heterocycles. The van der Waals surface area contributed by atoms with Gasteiger partial charge < -0.3 is 9.71 Å². The summed E-state index contributed by atoms with van der Waals surface area (Å²) in [6, 6.07) is 66.7. The van der Waals surface area contributed by atoms with Gasteiger partial charge in [-0.25, -0.2) is 0 Å². The van der Waals surface area contributed by atoms with E-state index in [0.717, 1.165) is 0 Å². The van der Waals surface area contributed by atoms with Gasteiger partial charge in [-0.2, -0.15) is 0 Å². The topological polar surface area (TPSA) is 6.48 Å². The van der Waals surface area contributed by atoms with E-state index in [1.54, 1.807) is 0 Å². The van der Waals surface area contributed by atoms with Crippen LogP contribution in [-0.2, 0) is 10.8 Å². The van der Waals surface area contributed by atoms with Crippen LogP contribution in [0.25, 0.3) is 54.9 Å².